The van der Waals surface area contributed by atoms with Crippen molar-refractivity contribution in [2.75, 3.05) is 5.32 Å². The Morgan fingerprint density at radius 2 is 2.07 bits per heavy atom. The number of hydrogen-bond donors (Lipinski definition) is 1. The molecule has 0 radical (unpaired) electrons. The average molecular weight is 403 g/mol. The van der Waals surface area contributed by atoms with Crippen LogP contribution < -0.4 is 5.32 Å². The van der Waals surface area contributed by atoms with Crippen molar-refractivity contribution in [2.24, 2.45) is 7.05 Å². The summed E-state index contributed by atoms with van der Waals surface area (Å²) in [6.07, 6.45) is 8.27. The molecule has 0 spiro atoms. The maximum atomic E-state index is 12.9. The number of rotatable bonds is 6. The first-order valence-electron chi connectivity index (χ1n) is 10.6. The van der Waals surface area contributed by atoms with Gasteiger partial charge in [-0.1, -0.05) is 18.6 Å². The van der Waals surface area contributed by atoms with Crippen LogP contribution in [-0.4, -0.2) is 30.6 Å². The first kappa shape index (κ1) is 18.9. The van der Waals surface area contributed by atoms with Crippen LogP contribution in [-0.2, 0) is 18.9 Å². The quantitative estimate of drug-likeness (QED) is 0.679. The van der Waals surface area contributed by atoms with Crippen LogP contribution >= 0.6 is 0 Å². The first-order valence-corrected chi connectivity index (χ1v) is 10.6. The van der Waals surface area contributed by atoms with Crippen molar-refractivity contribution >= 4 is 11.6 Å². The van der Waals surface area contributed by atoms with E-state index in [1.165, 1.54) is 12.0 Å². The van der Waals surface area contributed by atoms with Gasteiger partial charge in [0, 0.05) is 36.2 Å². The van der Waals surface area contributed by atoms with Crippen LogP contribution in [0.5, 0.6) is 0 Å². The van der Waals surface area contributed by atoms with E-state index in [2.05, 4.69) is 37.6 Å². The minimum Gasteiger partial charge on any atom is -0.321 e. The number of carbonyl (C=O) groups excluding carboxylic acids is 1. The van der Waals surface area contributed by atoms with Crippen molar-refractivity contribution in [3.63, 3.8) is 0 Å². The summed E-state index contributed by atoms with van der Waals surface area (Å²) in [5.41, 5.74) is 3.37. The van der Waals surface area contributed by atoms with Gasteiger partial charge in [0.05, 0.1) is 0 Å². The number of carbonyl (C=O) groups is 1. The average Bonchev–Trinajstić information content (AvgIpc) is 3.47. The highest BCUT2D eigenvalue weighted by atomic mass is 16.1. The Morgan fingerprint density at radius 1 is 1.23 bits per heavy atom. The van der Waals surface area contributed by atoms with Crippen molar-refractivity contribution in [2.45, 2.75) is 56.8 Å². The second-order valence-corrected chi connectivity index (χ2v) is 8.73. The summed E-state index contributed by atoms with van der Waals surface area (Å²) in [4.78, 5) is 21.9. The highest BCUT2D eigenvalue weighted by Crippen LogP contribution is 2.46. The van der Waals surface area contributed by atoms with E-state index in [1.807, 2.05) is 30.7 Å². The van der Waals surface area contributed by atoms with Gasteiger partial charge in [-0.05, 0) is 56.4 Å². The van der Waals surface area contributed by atoms with Gasteiger partial charge in [-0.2, -0.15) is 0 Å². The minimum atomic E-state index is -0.185. The molecule has 30 heavy (non-hydrogen) atoms. The molecule has 0 unspecified atom stereocenters. The van der Waals surface area contributed by atoms with Crippen LogP contribution in [0.25, 0.3) is 0 Å². The molecule has 2 aliphatic carbocycles. The summed E-state index contributed by atoms with van der Waals surface area (Å²) >= 11 is 0. The monoisotopic (exact) mass is 402 g/mol. The van der Waals surface area contributed by atoms with E-state index in [4.69, 9.17) is 0 Å². The van der Waals surface area contributed by atoms with Crippen molar-refractivity contribution in [3.8, 4) is 0 Å². The van der Waals surface area contributed by atoms with Crippen LogP contribution in [0.1, 0.15) is 71.4 Å². The molecule has 1 N–H and O–H groups in total. The van der Waals surface area contributed by atoms with E-state index in [-0.39, 0.29) is 11.3 Å². The van der Waals surface area contributed by atoms with Gasteiger partial charge in [-0.25, -0.2) is 9.97 Å². The van der Waals surface area contributed by atoms with E-state index in [9.17, 15) is 4.79 Å². The standard InChI is InChI=1S/C23H26N6O/c1-15-11-19(27-21(25-15)16-7-8-16)22(30)26-18-6-3-5-17(12-18)23(9-4-10-23)13-20-28-24-14-29(20)2/h3,5-6,11-12,14,16H,4,7-10,13H2,1-2H3,(H,26,30). The molecule has 1 amide bonds. The normalized spacial score (nSPS) is 17.4. The Kier molecular flexibility index (Phi) is 4.60. The van der Waals surface area contributed by atoms with Gasteiger partial charge in [0.25, 0.3) is 5.91 Å². The third-order valence-corrected chi connectivity index (χ3v) is 6.39. The molecule has 0 atom stereocenters. The lowest BCUT2D eigenvalue weighted by molar-refractivity contribution is 0.102. The number of hydrogen-bond acceptors (Lipinski definition) is 5. The Labute approximate surface area is 176 Å². The second kappa shape index (κ2) is 7.31. The van der Waals surface area contributed by atoms with Crippen LogP contribution in [0.4, 0.5) is 5.69 Å². The predicted octanol–water partition coefficient (Wildman–Crippen LogP) is 3.71. The van der Waals surface area contributed by atoms with Gasteiger partial charge in [0.15, 0.2) is 0 Å². The maximum Gasteiger partial charge on any atom is 0.274 e. The second-order valence-electron chi connectivity index (χ2n) is 8.73. The lowest BCUT2D eigenvalue weighted by atomic mass is 9.62. The summed E-state index contributed by atoms with van der Waals surface area (Å²) in [6, 6.07) is 9.97. The fourth-order valence-corrected chi connectivity index (χ4v) is 4.29. The number of aryl methyl sites for hydroxylation is 2. The highest BCUT2D eigenvalue weighted by Gasteiger charge is 2.40. The molecule has 2 aromatic heterocycles. The zero-order valence-corrected chi connectivity index (χ0v) is 17.4. The van der Waals surface area contributed by atoms with Crippen LogP contribution in [0.15, 0.2) is 36.7 Å². The number of anilines is 1. The molecule has 7 nitrogen and oxygen atoms in total. The van der Waals surface area contributed by atoms with Crippen LogP contribution in [0, 0.1) is 6.92 Å². The fraction of sp³-hybridized carbons (Fsp3) is 0.435. The largest absolute Gasteiger partial charge is 0.321 e. The lowest BCUT2D eigenvalue weighted by Crippen LogP contribution is -2.37. The summed E-state index contributed by atoms with van der Waals surface area (Å²) in [5, 5.41) is 11.3. The lowest BCUT2D eigenvalue weighted by Gasteiger charge is -2.42. The summed E-state index contributed by atoms with van der Waals surface area (Å²) in [7, 11) is 1.98. The molecule has 2 saturated carbocycles. The third kappa shape index (κ3) is 3.60. The third-order valence-electron chi connectivity index (χ3n) is 6.39. The molecule has 7 heteroatoms. The van der Waals surface area contributed by atoms with E-state index in [0.717, 1.165) is 55.1 Å². The molecular weight excluding hydrogens is 376 g/mol. The fourth-order valence-electron chi connectivity index (χ4n) is 4.29. The molecule has 2 fully saturated rings. The van der Waals surface area contributed by atoms with Gasteiger partial charge in [-0.15, -0.1) is 10.2 Å². The molecule has 0 aliphatic heterocycles. The van der Waals surface area contributed by atoms with Crippen LogP contribution in [0.3, 0.4) is 0 Å². The molecule has 154 valence electrons. The van der Waals surface area contributed by atoms with E-state index >= 15 is 0 Å². The first-order chi connectivity index (χ1) is 14.5. The molecule has 1 aromatic carbocycles. The molecule has 2 aliphatic rings. The van der Waals surface area contributed by atoms with E-state index < -0.39 is 0 Å². The molecule has 2 heterocycles. The van der Waals surface area contributed by atoms with Crippen LogP contribution in [0.2, 0.25) is 0 Å². The summed E-state index contributed by atoms with van der Waals surface area (Å²) in [5.74, 6) is 2.02. The maximum absolute atomic E-state index is 12.9. The zero-order chi connectivity index (χ0) is 20.7. The molecule has 5 rings (SSSR count). The highest BCUT2D eigenvalue weighted by molar-refractivity contribution is 6.03. The smallest absolute Gasteiger partial charge is 0.274 e. The van der Waals surface area contributed by atoms with Crippen molar-refractivity contribution in [1.29, 1.82) is 0 Å². The Hall–Kier alpha value is -3.09. The number of amides is 1. The Morgan fingerprint density at radius 3 is 2.73 bits per heavy atom. The SMILES string of the molecule is Cc1cc(C(=O)Nc2cccc(C3(Cc4nncn4C)CCC3)c2)nc(C2CC2)n1. The van der Waals surface area contributed by atoms with Gasteiger partial charge in [-0.3, -0.25) is 4.79 Å². The van der Waals surface area contributed by atoms with Crippen molar-refractivity contribution in [1.82, 2.24) is 24.7 Å². The molecule has 0 bridgehead atoms. The number of benzene rings is 1. The zero-order valence-electron chi connectivity index (χ0n) is 17.4. The van der Waals surface area contributed by atoms with Gasteiger partial charge >= 0.3 is 0 Å². The summed E-state index contributed by atoms with van der Waals surface area (Å²) in [6.45, 7) is 1.91. The molecular formula is C23H26N6O. The minimum absolute atomic E-state index is 0.0617. The predicted molar refractivity (Wildman–Crippen MR) is 113 cm³/mol. The van der Waals surface area contributed by atoms with Gasteiger partial charge in [0.2, 0.25) is 0 Å². The van der Waals surface area contributed by atoms with E-state index in [0.29, 0.717) is 11.6 Å². The Bertz CT molecular complexity index is 1100. The molecule has 3 aromatic rings. The van der Waals surface area contributed by atoms with Gasteiger partial charge in [0.1, 0.15) is 23.7 Å². The topological polar surface area (TPSA) is 85.6 Å². The summed E-state index contributed by atoms with van der Waals surface area (Å²) < 4.78 is 1.99. The number of nitrogens with one attached hydrogen (secondary N) is 1. The van der Waals surface area contributed by atoms with Gasteiger partial charge < -0.3 is 9.88 Å². The number of aromatic nitrogens is 5. The van der Waals surface area contributed by atoms with E-state index in [1.54, 1.807) is 12.4 Å². The van der Waals surface area contributed by atoms with Crippen molar-refractivity contribution in [3.05, 3.63) is 65.3 Å². The van der Waals surface area contributed by atoms with Crippen molar-refractivity contribution < 1.29 is 4.79 Å². The number of nitrogens with zero attached hydrogens (tertiary/aromatic N) is 5. The molecule has 0 saturated heterocycles. The Balaban J connectivity index is 1.37.